The van der Waals surface area contributed by atoms with Gasteiger partial charge < -0.3 is 15.0 Å². The van der Waals surface area contributed by atoms with E-state index in [2.05, 4.69) is 15.3 Å². The van der Waals surface area contributed by atoms with Gasteiger partial charge in [0, 0.05) is 0 Å². The number of hydrogen-bond donors (Lipinski definition) is 2. The molecule has 1 aromatic heterocycles. The Balaban J connectivity index is 2.29. The number of rotatable bonds is 4. The van der Waals surface area contributed by atoms with Crippen LogP contribution in [0, 0.1) is 0 Å². The van der Waals surface area contributed by atoms with Gasteiger partial charge in [-0.25, -0.2) is 4.98 Å². The maximum absolute atomic E-state index is 12.6. The van der Waals surface area contributed by atoms with Crippen molar-refractivity contribution in [3.63, 3.8) is 0 Å². The lowest BCUT2D eigenvalue weighted by molar-refractivity contribution is -0.140. The summed E-state index contributed by atoms with van der Waals surface area (Å²) in [7, 11) is 3.21. The highest BCUT2D eigenvalue weighted by Crippen LogP contribution is 2.29. The van der Waals surface area contributed by atoms with E-state index in [9.17, 15) is 13.2 Å². The van der Waals surface area contributed by atoms with Crippen LogP contribution in [0.3, 0.4) is 0 Å². The summed E-state index contributed by atoms with van der Waals surface area (Å²) in [4.78, 5) is 6.10. The number of alkyl halides is 3. The fourth-order valence-corrected chi connectivity index (χ4v) is 1.88. The topological polar surface area (TPSA) is 49.9 Å². The summed E-state index contributed by atoms with van der Waals surface area (Å²) in [5.74, 6) is 0.893. The maximum Gasteiger partial charge on any atom is 0.432 e. The summed E-state index contributed by atoms with van der Waals surface area (Å²) in [6, 6.07) is 6.59. The molecule has 108 valence electrons. The van der Waals surface area contributed by atoms with Crippen molar-refractivity contribution in [3.8, 4) is 5.75 Å². The summed E-state index contributed by atoms with van der Waals surface area (Å²) in [5, 5.41) is 2.93. The molecule has 0 radical (unpaired) electrons. The van der Waals surface area contributed by atoms with Crippen LogP contribution in [-0.4, -0.2) is 24.1 Å². The van der Waals surface area contributed by atoms with E-state index in [-0.39, 0.29) is 5.82 Å². The van der Waals surface area contributed by atoms with Crippen molar-refractivity contribution < 1.29 is 17.9 Å². The highest BCUT2D eigenvalue weighted by molar-refractivity contribution is 5.32. The van der Waals surface area contributed by atoms with E-state index in [1.165, 1.54) is 0 Å². The van der Waals surface area contributed by atoms with Crippen LogP contribution < -0.4 is 10.1 Å². The lowest BCUT2D eigenvalue weighted by atomic mass is 10.1. The number of benzene rings is 1. The summed E-state index contributed by atoms with van der Waals surface area (Å²) >= 11 is 0. The lowest BCUT2D eigenvalue weighted by Gasteiger charge is -2.14. The molecular weight excluding hydrogens is 271 g/mol. The van der Waals surface area contributed by atoms with Gasteiger partial charge in [0.05, 0.1) is 19.3 Å². The smallest absolute Gasteiger partial charge is 0.432 e. The summed E-state index contributed by atoms with van der Waals surface area (Å²) in [6.07, 6.45) is -3.63. The van der Waals surface area contributed by atoms with Crippen LogP contribution >= 0.6 is 0 Å². The third kappa shape index (κ3) is 2.93. The SMILES string of the molecule is CNC(c1ccc(OC)cc1)c1ncc(C(F)(F)F)[nH]1. The molecule has 0 saturated carbocycles. The molecule has 0 aliphatic carbocycles. The molecule has 1 atom stereocenters. The molecule has 0 saturated heterocycles. The Kier molecular flexibility index (Phi) is 3.99. The van der Waals surface area contributed by atoms with Gasteiger partial charge in [0.1, 0.15) is 17.3 Å². The Morgan fingerprint density at radius 2 is 1.90 bits per heavy atom. The molecule has 1 unspecified atom stereocenters. The van der Waals surface area contributed by atoms with Crippen LogP contribution in [0.5, 0.6) is 5.75 Å². The number of halogens is 3. The summed E-state index contributed by atoms with van der Waals surface area (Å²) < 4.78 is 42.7. The second kappa shape index (κ2) is 5.54. The fourth-order valence-electron chi connectivity index (χ4n) is 1.88. The quantitative estimate of drug-likeness (QED) is 0.908. The molecule has 1 aromatic carbocycles. The third-order valence-electron chi connectivity index (χ3n) is 2.91. The minimum absolute atomic E-state index is 0.213. The van der Waals surface area contributed by atoms with Crippen LogP contribution in [0.15, 0.2) is 30.5 Å². The number of nitrogens with zero attached hydrogens (tertiary/aromatic N) is 1. The van der Waals surface area contributed by atoms with Gasteiger partial charge in [-0.3, -0.25) is 0 Å². The van der Waals surface area contributed by atoms with Crippen molar-refractivity contribution in [3.05, 3.63) is 47.5 Å². The fraction of sp³-hybridized carbons (Fsp3) is 0.308. The predicted molar refractivity (Wildman–Crippen MR) is 67.5 cm³/mol. The molecule has 0 fully saturated rings. The third-order valence-corrected chi connectivity index (χ3v) is 2.91. The van der Waals surface area contributed by atoms with E-state index in [1.807, 2.05) is 0 Å². The minimum atomic E-state index is -4.43. The van der Waals surface area contributed by atoms with Gasteiger partial charge in [0.15, 0.2) is 0 Å². The average Bonchev–Trinajstić information content (AvgIpc) is 2.90. The van der Waals surface area contributed by atoms with Crippen LogP contribution in [0.4, 0.5) is 13.2 Å². The van der Waals surface area contributed by atoms with Crippen molar-refractivity contribution in [2.24, 2.45) is 0 Å². The molecular formula is C13H14F3N3O. The number of aromatic nitrogens is 2. The van der Waals surface area contributed by atoms with Gasteiger partial charge in [-0.1, -0.05) is 12.1 Å². The Hall–Kier alpha value is -2.02. The van der Waals surface area contributed by atoms with E-state index >= 15 is 0 Å². The normalized spacial score (nSPS) is 13.2. The van der Waals surface area contributed by atoms with Crippen LogP contribution in [0.2, 0.25) is 0 Å². The maximum atomic E-state index is 12.6. The van der Waals surface area contributed by atoms with Crippen molar-refractivity contribution in [2.75, 3.05) is 14.2 Å². The van der Waals surface area contributed by atoms with Crippen LogP contribution in [-0.2, 0) is 6.18 Å². The monoisotopic (exact) mass is 285 g/mol. The Bertz CT molecular complexity index is 563. The molecule has 0 aliphatic rings. The van der Waals surface area contributed by atoms with E-state index < -0.39 is 17.9 Å². The molecule has 2 rings (SSSR count). The lowest BCUT2D eigenvalue weighted by Crippen LogP contribution is -2.19. The van der Waals surface area contributed by atoms with E-state index in [4.69, 9.17) is 4.74 Å². The number of aromatic amines is 1. The number of nitrogens with one attached hydrogen (secondary N) is 2. The van der Waals surface area contributed by atoms with Gasteiger partial charge in [0.25, 0.3) is 0 Å². The van der Waals surface area contributed by atoms with Crippen LogP contribution in [0.25, 0.3) is 0 Å². The first-order valence-corrected chi connectivity index (χ1v) is 5.89. The zero-order valence-corrected chi connectivity index (χ0v) is 11.0. The van der Waals surface area contributed by atoms with Gasteiger partial charge in [-0.05, 0) is 24.7 Å². The number of H-pyrrole nitrogens is 1. The van der Waals surface area contributed by atoms with Gasteiger partial charge in [0.2, 0.25) is 0 Å². The first-order chi connectivity index (χ1) is 9.45. The first kappa shape index (κ1) is 14.4. The zero-order chi connectivity index (χ0) is 14.8. The Morgan fingerprint density at radius 1 is 1.25 bits per heavy atom. The zero-order valence-electron chi connectivity index (χ0n) is 11.0. The van der Waals surface area contributed by atoms with Crippen molar-refractivity contribution in [2.45, 2.75) is 12.2 Å². The second-order valence-electron chi connectivity index (χ2n) is 4.17. The average molecular weight is 285 g/mol. The van der Waals surface area contributed by atoms with Crippen LogP contribution in [0.1, 0.15) is 23.1 Å². The highest BCUT2D eigenvalue weighted by Gasteiger charge is 2.33. The standard InChI is InChI=1S/C13H14F3N3O/c1-17-11(8-3-5-9(20-2)6-4-8)12-18-7-10(19-12)13(14,15)16/h3-7,11,17H,1-2H3,(H,18,19). The molecule has 0 amide bonds. The Morgan fingerprint density at radius 3 is 2.35 bits per heavy atom. The molecule has 0 spiro atoms. The van der Waals surface area contributed by atoms with Crippen molar-refractivity contribution in [1.82, 2.24) is 15.3 Å². The molecule has 2 aromatic rings. The summed E-state index contributed by atoms with van der Waals surface area (Å²) in [5.41, 5.74) is -0.0716. The van der Waals surface area contributed by atoms with E-state index in [0.717, 1.165) is 11.8 Å². The largest absolute Gasteiger partial charge is 0.497 e. The van der Waals surface area contributed by atoms with E-state index in [1.54, 1.807) is 38.4 Å². The highest BCUT2D eigenvalue weighted by atomic mass is 19.4. The first-order valence-electron chi connectivity index (χ1n) is 5.89. The van der Waals surface area contributed by atoms with Crippen molar-refractivity contribution >= 4 is 0 Å². The molecule has 7 heteroatoms. The number of ether oxygens (including phenoxy) is 1. The number of hydrogen-bond acceptors (Lipinski definition) is 3. The summed E-state index contributed by atoms with van der Waals surface area (Å²) in [6.45, 7) is 0. The molecule has 20 heavy (non-hydrogen) atoms. The van der Waals surface area contributed by atoms with Crippen molar-refractivity contribution in [1.29, 1.82) is 0 Å². The molecule has 0 bridgehead atoms. The predicted octanol–water partition coefficient (Wildman–Crippen LogP) is 2.75. The van der Waals surface area contributed by atoms with Gasteiger partial charge in [-0.2, -0.15) is 13.2 Å². The molecule has 4 nitrogen and oxygen atoms in total. The molecule has 1 heterocycles. The number of methoxy groups -OCH3 is 1. The van der Waals surface area contributed by atoms with Gasteiger partial charge >= 0.3 is 6.18 Å². The van der Waals surface area contributed by atoms with Gasteiger partial charge in [-0.15, -0.1) is 0 Å². The molecule has 2 N–H and O–H groups in total. The second-order valence-corrected chi connectivity index (χ2v) is 4.17. The Labute approximate surface area is 114 Å². The minimum Gasteiger partial charge on any atom is -0.497 e. The number of imidazole rings is 1. The molecule has 0 aliphatic heterocycles. The van der Waals surface area contributed by atoms with E-state index in [0.29, 0.717) is 5.75 Å².